The molecule has 0 unspecified atom stereocenters. The third-order valence-electron chi connectivity index (χ3n) is 2.35. The first-order valence-electron chi connectivity index (χ1n) is 5.17. The predicted molar refractivity (Wildman–Crippen MR) is 78.9 cm³/mol. The fourth-order valence-corrected chi connectivity index (χ4v) is 3.00. The molecular weight excluding hydrogens is 288 g/mol. The van der Waals surface area contributed by atoms with Crippen molar-refractivity contribution in [3.63, 3.8) is 0 Å². The minimum absolute atomic E-state index is 0.140. The zero-order valence-electron chi connectivity index (χ0n) is 9.53. The number of aromatic nitrogens is 4. The minimum Gasteiger partial charge on any atom is -0.343 e. The summed E-state index contributed by atoms with van der Waals surface area (Å²) in [5, 5.41) is 0. The van der Waals surface area contributed by atoms with Gasteiger partial charge in [-0.1, -0.05) is 12.2 Å². The van der Waals surface area contributed by atoms with Gasteiger partial charge in [0.05, 0.1) is 0 Å². The molecule has 2 rings (SSSR count). The Hall–Kier alpha value is -1.25. The molecule has 5 nitrogen and oxygen atoms in total. The highest BCUT2D eigenvalue weighted by Gasteiger charge is 2.02. The Bertz CT molecular complexity index is 796. The lowest BCUT2D eigenvalue weighted by Gasteiger charge is -2.01. The Morgan fingerprint density at radius 3 is 2.72 bits per heavy atom. The predicted octanol–water partition coefficient (Wildman–Crippen LogP) is 2.32. The smallest absolute Gasteiger partial charge is 0.255 e. The van der Waals surface area contributed by atoms with E-state index >= 15 is 0 Å². The third kappa shape index (κ3) is 3.15. The lowest BCUT2D eigenvalue weighted by molar-refractivity contribution is 0.993. The van der Waals surface area contributed by atoms with Crippen LogP contribution in [0.15, 0.2) is 17.1 Å². The van der Waals surface area contributed by atoms with Crippen molar-refractivity contribution < 1.29 is 0 Å². The van der Waals surface area contributed by atoms with Crippen LogP contribution in [0.5, 0.6) is 0 Å². The molecule has 0 atom stereocenters. The lowest BCUT2D eigenvalue weighted by Crippen LogP contribution is -2.15. The minimum atomic E-state index is -0.140. The molecule has 0 amide bonds. The van der Waals surface area contributed by atoms with Crippen LogP contribution in [0, 0.1) is 21.1 Å². The van der Waals surface area contributed by atoms with Gasteiger partial charge in [0.15, 0.2) is 4.77 Å². The molecule has 2 heterocycles. The molecule has 0 aliphatic heterocycles. The molecule has 0 aliphatic carbocycles. The first-order valence-corrected chi connectivity index (χ1v) is 7.06. The molecule has 96 valence electrons. The van der Waals surface area contributed by atoms with Crippen molar-refractivity contribution in [1.82, 2.24) is 19.9 Å². The van der Waals surface area contributed by atoms with E-state index in [1.165, 1.54) is 0 Å². The van der Waals surface area contributed by atoms with E-state index < -0.39 is 0 Å². The van der Waals surface area contributed by atoms with Gasteiger partial charge in [0.25, 0.3) is 5.56 Å². The maximum atomic E-state index is 11.8. The maximum absolute atomic E-state index is 11.8. The summed E-state index contributed by atoms with van der Waals surface area (Å²) in [5.74, 6) is 0.582. The van der Waals surface area contributed by atoms with E-state index in [0.29, 0.717) is 20.7 Å². The van der Waals surface area contributed by atoms with Gasteiger partial charge in [-0.05, 0) is 25.2 Å². The number of thiol groups is 1. The number of hydrogen-bond donors (Lipinski definition) is 5. The van der Waals surface area contributed by atoms with Crippen LogP contribution < -0.4 is 5.56 Å². The second kappa shape index (κ2) is 5.59. The first kappa shape index (κ1) is 13.2. The van der Waals surface area contributed by atoms with E-state index in [4.69, 9.17) is 24.4 Å². The standard InChI is InChI=1S/C10H12N4OS3/c1-5-6(8(15)14-9(17)12-5)4-18-10-11-3-2-7(16)13-10/h2-3,11,18H,4H2,1H3,(H,13,16)(H2,12,14,15,17). The summed E-state index contributed by atoms with van der Waals surface area (Å²) in [6, 6.07) is 1.77. The molecule has 18 heavy (non-hydrogen) atoms. The molecule has 0 saturated heterocycles. The maximum Gasteiger partial charge on any atom is 0.255 e. The molecule has 0 fully saturated rings. The molecule has 2 aromatic rings. The van der Waals surface area contributed by atoms with Crippen LogP contribution in [-0.4, -0.2) is 19.9 Å². The van der Waals surface area contributed by atoms with Crippen molar-refractivity contribution in [1.29, 1.82) is 0 Å². The molecule has 2 aromatic heterocycles. The first-order chi connectivity index (χ1) is 8.56. The van der Waals surface area contributed by atoms with Crippen molar-refractivity contribution in [2.24, 2.45) is 0 Å². The molecule has 8 heteroatoms. The van der Waals surface area contributed by atoms with Crippen molar-refractivity contribution in [3.05, 3.63) is 48.1 Å². The number of H-pyrrole nitrogens is 4. The third-order valence-corrected chi connectivity index (χ3v) is 3.82. The van der Waals surface area contributed by atoms with Crippen LogP contribution in [0.1, 0.15) is 11.3 Å². The van der Waals surface area contributed by atoms with Gasteiger partial charge in [0.2, 0.25) is 0 Å². The van der Waals surface area contributed by atoms with Crippen LogP contribution in [0.25, 0.3) is 0 Å². The summed E-state index contributed by atoms with van der Waals surface area (Å²) in [5.41, 5.74) is 1.35. The van der Waals surface area contributed by atoms with Crippen LogP contribution in [0.3, 0.4) is 0 Å². The van der Waals surface area contributed by atoms with E-state index in [2.05, 4.69) is 19.9 Å². The van der Waals surface area contributed by atoms with E-state index in [1.807, 2.05) is 6.92 Å². The van der Waals surface area contributed by atoms with Gasteiger partial charge in [-0.15, -0.1) is 0 Å². The number of hydrogen-bond acceptors (Lipinski definition) is 3. The number of nitrogens with one attached hydrogen (secondary N) is 4. The average Bonchev–Trinajstić information content (AvgIpc) is 2.27. The SMILES string of the molecule is Cc1[nH]c(=S)[nH]c(=O)c1C/[SH]=c1\[nH]ccc(=S)[nH]1. The van der Waals surface area contributed by atoms with Crippen LogP contribution >= 0.6 is 35.8 Å². The summed E-state index contributed by atoms with van der Waals surface area (Å²) in [4.78, 5) is 23.4. The molecule has 0 bridgehead atoms. The number of aromatic amines is 4. The molecular formula is C10H12N4OS3. The van der Waals surface area contributed by atoms with E-state index in [0.717, 1.165) is 21.8 Å². The molecule has 4 N–H and O–H groups in total. The zero-order valence-corrected chi connectivity index (χ0v) is 12.1. The van der Waals surface area contributed by atoms with E-state index in [1.54, 1.807) is 12.3 Å². The van der Waals surface area contributed by atoms with Crippen molar-refractivity contribution in [2.45, 2.75) is 12.7 Å². The van der Waals surface area contributed by atoms with Crippen LogP contribution in [0.2, 0.25) is 0 Å². The lowest BCUT2D eigenvalue weighted by atomic mass is 10.3. The Labute approximate surface area is 116 Å². The van der Waals surface area contributed by atoms with Gasteiger partial charge in [-0.3, -0.25) is 9.78 Å². The fraction of sp³-hybridized carbons (Fsp3) is 0.200. The number of aryl methyl sites for hydroxylation is 1. The average molecular weight is 300 g/mol. The number of rotatable bonds is 2. The Morgan fingerprint density at radius 2 is 2.06 bits per heavy atom. The summed E-state index contributed by atoms with van der Waals surface area (Å²) in [6.45, 7) is 1.84. The van der Waals surface area contributed by atoms with Gasteiger partial charge in [-0.2, -0.15) is 11.4 Å². The van der Waals surface area contributed by atoms with E-state index in [-0.39, 0.29) is 5.56 Å². The van der Waals surface area contributed by atoms with Crippen LogP contribution in [0.4, 0.5) is 0 Å². The Kier molecular flexibility index (Phi) is 4.10. The highest BCUT2D eigenvalue weighted by Crippen LogP contribution is 2.06. The Morgan fingerprint density at radius 1 is 1.28 bits per heavy atom. The summed E-state index contributed by atoms with van der Waals surface area (Å²) in [7, 11) is 0. The topological polar surface area (TPSA) is 80.2 Å². The second-order valence-corrected chi connectivity index (χ2v) is 5.57. The molecule has 0 radical (unpaired) electrons. The summed E-state index contributed by atoms with van der Waals surface area (Å²) >= 11 is 10.9. The molecule has 0 aliphatic rings. The van der Waals surface area contributed by atoms with Gasteiger partial charge in [0, 0.05) is 23.2 Å². The summed E-state index contributed by atoms with van der Waals surface area (Å²) in [6.07, 6.45) is 1.77. The molecule has 0 spiro atoms. The van der Waals surface area contributed by atoms with Gasteiger partial charge >= 0.3 is 0 Å². The second-order valence-electron chi connectivity index (χ2n) is 3.64. The van der Waals surface area contributed by atoms with Crippen molar-refractivity contribution in [2.75, 3.05) is 0 Å². The van der Waals surface area contributed by atoms with Crippen LogP contribution in [-0.2, 0) is 5.75 Å². The monoisotopic (exact) mass is 300 g/mol. The fourth-order valence-electron chi connectivity index (χ4n) is 1.45. The highest BCUT2D eigenvalue weighted by molar-refractivity contribution is 7.90. The quantitative estimate of drug-likeness (QED) is 0.436. The largest absolute Gasteiger partial charge is 0.343 e. The zero-order chi connectivity index (χ0) is 13.1. The Balaban J connectivity index is 2.43. The molecule has 0 saturated carbocycles. The van der Waals surface area contributed by atoms with Crippen molar-refractivity contribution in [3.8, 4) is 0 Å². The van der Waals surface area contributed by atoms with Gasteiger partial charge in [0.1, 0.15) is 9.41 Å². The van der Waals surface area contributed by atoms with E-state index in [9.17, 15) is 4.79 Å². The van der Waals surface area contributed by atoms with Gasteiger partial charge in [-0.25, -0.2) is 0 Å². The normalized spacial score (nSPS) is 12.2. The summed E-state index contributed by atoms with van der Waals surface area (Å²) < 4.78 is 1.88. The molecule has 0 aromatic carbocycles. The van der Waals surface area contributed by atoms with Gasteiger partial charge < -0.3 is 15.0 Å². The highest BCUT2D eigenvalue weighted by atomic mass is 32.1. The van der Waals surface area contributed by atoms with Crippen molar-refractivity contribution >= 4 is 35.8 Å².